The largest absolute Gasteiger partial charge is 0.492 e. The van der Waals surface area contributed by atoms with Crippen LogP contribution < -0.4 is 15.8 Å². The minimum Gasteiger partial charge on any atom is -0.492 e. The minimum atomic E-state index is -0.342. The molecule has 0 aromatic heterocycles. The molecular weight excluding hydrogens is 228 g/mol. The standard InChI is InChI=1S/C14H22N2O2/c1-10(2)16-9-12-6-4-5-11(3)14(12)18-8-7-13(15)17/h4-6,10,16H,7-9H2,1-3H3,(H2,15,17). The third-order valence-corrected chi connectivity index (χ3v) is 2.59. The summed E-state index contributed by atoms with van der Waals surface area (Å²) in [6.45, 7) is 7.28. The zero-order valence-electron chi connectivity index (χ0n) is 11.3. The lowest BCUT2D eigenvalue weighted by Gasteiger charge is -2.15. The van der Waals surface area contributed by atoms with Crippen molar-refractivity contribution in [1.82, 2.24) is 5.32 Å². The van der Waals surface area contributed by atoms with Gasteiger partial charge in [-0.05, 0) is 12.5 Å². The maximum Gasteiger partial charge on any atom is 0.220 e. The van der Waals surface area contributed by atoms with Crippen LogP contribution in [-0.2, 0) is 11.3 Å². The first kappa shape index (κ1) is 14.5. The average Bonchev–Trinajstić information content (AvgIpc) is 2.28. The van der Waals surface area contributed by atoms with E-state index in [2.05, 4.69) is 19.2 Å². The molecule has 0 saturated heterocycles. The van der Waals surface area contributed by atoms with Crippen LogP contribution in [0.1, 0.15) is 31.4 Å². The number of benzene rings is 1. The molecule has 0 aliphatic heterocycles. The number of nitrogens with two attached hydrogens (primary N) is 1. The molecule has 1 amide bonds. The normalized spacial score (nSPS) is 10.7. The smallest absolute Gasteiger partial charge is 0.220 e. The SMILES string of the molecule is Cc1cccc(CNC(C)C)c1OCCC(N)=O. The van der Waals surface area contributed by atoms with Crippen molar-refractivity contribution in [1.29, 1.82) is 0 Å². The molecule has 0 aliphatic rings. The van der Waals surface area contributed by atoms with Crippen LogP contribution >= 0.6 is 0 Å². The first-order valence-electron chi connectivity index (χ1n) is 6.23. The van der Waals surface area contributed by atoms with Gasteiger partial charge in [0.05, 0.1) is 13.0 Å². The molecule has 0 bridgehead atoms. The number of amides is 1. The maximum absolute atomic E-state index is 10.7. The highest BCUT2D eigenvalue weighted by molar-refractivity contribution is 5.73. The lowest BCUT2D eigenvalue weighted by molar-refractivity contribution is -0.118. The Morgan fingerprint density at radius 1 is 1.44 bits per heavy atom. The van der Waals surface area contributed by atoms with Gasteiger partial charge in [-0.3, -0.25) is 4.79 Å². The first-order valence-corrected chi connectivity index (χ1v) is 6.23. The summed E-state index contributed by atoms with van der Waals surface area (Å²) in [6.07, 6.45) is 0.241. The van der Waals surface area contributed by atoms with Gasteiger partial charge in [0.25, 0.3) is 0 Å². The molecule has 0 atom stereocenters. The Balaban J connectivity index is 2.70. The van der Waals surface area contributed by atoms with E-state index in [1.807, 2.05) is 25.1 Å². The Labute approximate surface area is 109 Å². The summed E-state index contributed by atoms with van der Waals surface area (Å²) in [5.74, 6) is 0.511. The molecule has 100 valence electrons. The Kier molecular flexibility index (Phi) is 5.65. The second kappa shape index (κ2) is 7.01. The van der Waals surface area contributed by atoms with Crippen molar-refractivity contribution in [3.8, 4) is 5.75 Å². The third-order valence-electron chi connectivity index (χ3n) is 2.59. The summed E-state index contributed by atoms with van der Waals surface area (Å²) in [4.78, 5) is 10.7. The number of hydrogen-bond acceptors (Lipinski definition) is 3. The number of hydrogen-bond donors (Lipinski definition) is 2. The molecule has 0 unspecified atom stereocenters. The Hall–Kier alpha value is -1.55. The molecule has 1 aromatic carbocycles. The number of aryl methyl sites for hydroxylation is 1. The van der Waals surface area contributed by atoms with Crippen LogP contribution in [0.15, 0.2) is 18.2 Å². The van der Waals surface area contributed by atoms with E-state index in [0.717, 1.165) is 23.4 Å². The van der Waals surface area contributed by atoms with E-state index in [-0.39, 0.29) is 12.3 Å². The van der Waals surface area contributed by atoms with Gasteiger partial charge in [-0.25, -0.2) is 0 Å². The van der Waals surface area contributed by atoms with Gasteiger partial charge in [-0.2, -0.15) is 0 Å². The van der Waals surface area contributed by atoms with Crippen molar-refractivity contribution >= 4 is 5.91 Å². The summed E-state index contributed by atoms with van der Waals surface area (Å²) in [7, 11) is 0. The number of carbonyl (C=O) groups is 1. The minimum absolute atomic E-state index is 0.241. The summed E-state index contributed by atoms with van der Waals surface area (Å²) < 4.78 is 5.67. The van der Waals surface area contributed by atoms with E-state index in [1.165, 1.54) is 0 Å². The molecule has 3 N–H and O–H groups in total. The van der Waals surface area contributed by atoms with Gasteiger partial charge in [0, 0.05) is 18.2 Å². The van der Waals surface area contributed by atoms with Gasteiger partial charge >= 0.3 is 0 Å². The van der Waals surface area contributed by atoms with Crippen LogP contribution in [0, 0.1) is 6.92 Å². The maximum atomic E-state index is 10.7. The van der Waals surface area contributed by atoms with Crippen LogP contribution in [0.25, 0.3) is 0 Å². The second-order valence-electron chi connectivity index (χ2n) is 4.66. The van der Waals surface area contributed by atoms with Crippen LogP contribution in [0.5, 0.6) is 5.75 Å². The Morgan fingerprint density at radius 2 is 2.17 bits per heavy atom. The third kappa shape index (κ3) is 4.75. The molecule has 1 rings (SSSR count). The highest BCUT2D eigenvalue weighted by Crippen LogP contribution is 2.23. The van der Waals surface area contributed by atoms with Gasteiger partial charge in [-0.15, -0.1) is 0 Å². The quantitative estimate of drug-likeness (QED) is 0.775. The van der Waals surface area contributed by atoms with E-state index in [9.17, 15) is 4.79 Å². The van der Waals surface area contributed by atoms with Crippen molar-refractivity contribution < 1.29 is 9.53 Å². The second-order valence-corrected chi connectivity index (χ2v) is 4.66. The van der Waals surface area contributed by atoms with E-state index < -0.39 is 0 Å². The van der Waals surface area contributed by atoms with E-state index in [1.54, 1.807) is 0 Å². The van der Waals surface area contributed by atoms with Crippen LogP contribution in [-0.4, -0.2) is 18.6 Å². The van der Waals surface area contributed by atoms with Gasteiger partial charge in [0.15, 0.2) is 0 Å². The molecular formula is C14H22N2O2. The molecule has 0 aliphatic carbocycles. The van der Waals surface area contributed by atoms with E-state index in [0.29, 0.717) is 12.6 Å². The fourth-order valence-electron chi connectivity index (χ4n) is 1.63. The predicted octanol–water partition coefficient (Wildman–Crippen LogP) is 1.75. The van der Waals surface area contributed by atoms with Gasteiger partial charge in [-0.1, -0.05) is 32.0 Å². The monoisotopic (exact) mass is 250 g/mol. The number of rotatable bonds is 7. The number of para-hydroxylation sites is 1. The molecule has 0 saturated carbocycles. The van der Waals surface area contributed by atoms with Crippen molar-refractivity contribution in [2.45, 2.75) is 39.8 Å². The molecule has 0 spiro atoms. The predicted molar refractivity (Wildman–Crippen MR) is 72.5 cm³/mol. The summed E-state index contributed by atoms with van der Waals surface area (Å²) >= 11 is 0. The topological polar surface area (TPSA) is 64.3 Å². The molecule has 4 nitrogen and oxygen atoms in total. The summed E-state index contributed by atoms with van der Waals surface area (Å²) in [6, 6.07) is 6.46. The fourth-order valence-corrected chi connectivity index (χ4v) is 1.63. The molecule has 0 fully saturated rings. The Morgan fingerprint density at radius 3 is 2.78 bits per heavy atom. The summed E-state index contributed by atoms with van der Waals surface area (Å²) in [5.41, 5.74) is 7.28. The number of ether oxygens (including phenoxy) is 1. The molecule has 0 heterocycles. The zero-order chi connectivity index (χ0) is 13.5. The lowest BCUT2D eigenvalue weighted by atomic mass is 10.1. The molecule has 4 heteroatoms. The van der Waals surface area contributed by atoms with Crippen LogP contribution in [0.2, 0.25) is 0 Å². The molecule has 18 heavy (non-hydrogen) atoms. The number of primary amides is 1. The van der Waals surface area contributed by atoms with Gasteiger partial charge in [0.1, 0.15) is 5.75 Å². The lowest BCUT2D eigenvalue weighted by Crippen LogP contribution is -2.22. The van der Waals surface area contributed by atoms with E-state index >= 15 is 0 Å². The van der Waals surface area contributed by atoms with Crippen molar-refractivity contribution in [3.05, 3.63) is 29.3 Å². The average molecular weight is 250 g/mol. The summed E-state index contributed by atoms with van der Waals surface area (Å²) in [5, 5.41) is 3.36. The van der Waals surface area contributed by atoms with E-state index in [4.69, 9.17) is 10.5 Å². The highest BCUT2D eigenvalue weighted by Gasteiger charge is 2.08. The number of carbonyl (C=O) groups excluding carboxylic acids is 1. The van der Waals surface area contributed by atoms with Crippen LogP contribution in [0.3, 0.4) is 0 Å². The molecule has 1 aromatic rings. The number of nitrogens with one attached hydrogen (secondary N) is 1. The molecule has 0 radical (unpaired) electrons. The van der Waals surface area contributed by atoms with Crippen LogP contribution in [0.4, 0.5) is 0 Å². The highest BCUT2D eigenvalue weighted by atomic mass is 16.5. The first-order chi connectivity index (χ1) is 8.50. The van der Waals surface area contributed by atoms with Crippen molar-refractivity contribution in [3.63, 3.8) is 0 Å². The zero-order valence-corrected chi connectivity index (χ0v) is 11.3. The van der Waals surface area contributed by atoms with Gasteiger partial charge in [0.2, 0.25) is 5.91 Å². The van der Waals surface area contributed by atoms with Crippen molar-refractivity contribution in [2.24, 2.45) is 5.73 Å². The van der Waals surface area contributed by atoms with Gasteiger partial charge < -0.3 is 15.8 Å². The Bertz CT molecular complexity index is 403. The fraction of sp³-hybridized carbons (Fsp3) is 0.500. The van der Waals surface area contributed by atoms with Crippen molar-refractivity contribution in [2.75, 3.05) is 6.61 Å².